The topological polar surface area (TPSA) is 23.5 Å². The van der Waals surface area contributed by atoms with E-state index in [9.17, 15) is 4.39 Å². The molecule has 12 heavy (non-hydrogen) atoms. The molecule has 0 aliphatic carbocycles. The van der Waals surface area contributed by atoms with Crippen molar-refractivity contribution in [2.24, 2.45) is 0 Å². The summed E-state index contributed by atoms with van der Waals surface area (Å²) in [7, 11) is 0. The molecule has 0 fully saturated rings. The summed E-state index contributed by atoms with van der Waals surface area (Å²) in [6, 6.07) is 0. The van der Waals surface area contributed by atoms with E-state index in [1.807, 2.05) is 4.90 Å². The monoisotopic (exact) mass is 237 g/mol. The zero-order valence-electron chi connectivity index (χ0n) is 6.84. The zero-order valence-corrected chi connectivity index (χ0v) is 8.43. The molecular formula is C8H13BrFNO. The van der Waals surface area contributed by atoms with E-state index in [4.69, 9.17) is 5.11 Å². The molecule has 1 heterocycles. The first-order valence-electron chi connectivity index (χ1n) is 4.03. The fraction of sp³-hybridized carbons (Fsp3) is 0.750. The quantitative estimate of drug-likeness (QED) is 0.801. The largest absolute Gasteiger partial charge is 0.389 e. The van der Waals surface area contributed by atoms with Gasteiger partial charge < -0.3 is 5.11 Å². The number of halogens is 2. The Labute approximate surface area is 80.2 Å². The molecule has 0 bridgehead atoms. The summed E-state index contributed by atoms with van der Waals surface area (Å²) in [5, 5.41) is 9.03. The lowest BCUT2D eigenvalue weighted by Gasteiger charge is -2.25. The number of aliphatic hydroxyl groups excluding tert-OH is 1. The molecule has 0 aromatic rings. The van der Waals surface area contributed by atoms with E-state index in [0.717, 1.165) is 19.5 Å². The summed E-state index contributed by atoms with van der Waals surface area (Å²) in [6.07, 6.45) is 2.18. The molecule has 0 aromatic heterocycles. The molecule has 70 valence electrons. The van der Waals surface area contributed by atoms with Crippen LogP contribution in [0.25, 0.3) is 0 Å². The molecule has 0 spiro atoms. The Bertz CT molecular complexity index is 174. The van der Waals surface area contributed by atoms with Crippen molar-refractivity contribution >= 4 is 15.9 Å². The highest BCUT2D eigenvalue weighted by Gasteiger charge is 2.13. The number of nitrogens with zero attached hydrogens (tertiary/aromatic N) is 1. The van der Waals surface area contributed by atoms with Gasteiger partial charge in [0.25, 0.3) is 0 Å². The van der Waals surface area contributed by atoms with Gasteiger partial charge in [-0.25, -0.2) is 4.39 Å². The van der Waals surface area contributed by atoms with E-state index in [-0.39, 0.29) is 0 Å². The number of hydrogen-bond donors (Lipinski definition) is 1. The molecular weight excluding hydrogens is 225 g/mol. The molecule has 1 unspecified atom stereocenters. The maximum atomic E-state index is 11.9. The summed E-state index contributed by atoms with van der Waals surface area (Å²) in [6.45, 7) is 1.49. The minimum absolute atomic E-state index is 0.438. The Hall–Kier alpha value is 0.0700. The Morgan fingerprint density at radius 3 is 3.00 bits per heavy atom. The van der Waals surface area contributed by atoms with Gasteiger partial charge in [-0.05, 0) is 10.9 Å². The van der Waals surface area contributed by atoms with E-state index >= 15 is 0 Å². The maximum Gasteiger partial charge on any atom is 0.117 e. The summed E-state index contributed by atoms with van der Waals surface area (Å²) in [5.41, 5.74) is 0. The number of rotatable bonds is 3. The minimum Gasteiger partial charge on any atom is -0.389 e. The van der Waals surface area contributed by atoms with Crippen LogP contribution in [0.3, 0.4) is 0 Å². The van der Waals surface area contributed by atoms with Crippen molar-refractivity contribution in [3.05, 3.63) is 10.6 Å². The lowest BCUT2D eigenvalue weighted by molar-refractivity contribution is 0.0935. The molecule has 4 heteroatoms. The second-order valence-corrected chi connectivity index (χ2v) is 3.99. The van der Waals surface area contributed by atoms with Gasteiger partial charge in [-0.15, -0.1) is 0 Å². The SMILES string of the molecule is OC(CF)CN1CC=C(Br)CC1. The molecule has 1 aliphatic heterocycles. The third-order valence-corrected chi connectivity index (χ3v) is 2.61. The third-order valence-electron chi connectivity index (χ3n) is 1.88. The normalized spacial score (nSPS) is 22.1. The minimum atomic E-state index is -0.824. The maximum absolute atomic E-state index is 11.9. The molecule has 0 radical (unpaired) electrons. The van der Waals surface area contributed by atoms with Crippen LogP contribution in [-0.4, -0.2) is 42.4 Å². The first-order chi connectivity index (χ1) is 5.72. The standard InChI is InChI=1S/C8H13BrFNO/c9-7-1-3-11(4-2-7)6-8(12)5-10/h1,8,12H,2-6H2. The Morgan fingerprint density at radius 1 is 1.75 bits per heavy atom. The van der Waals surface area contributed by atoms with Crippen LogP contribution in [-0.2, 0) is 0 Å². The Morgan fingerprint density at radius 2 is 2.50 bits per heavy atom. The molecule has 0 saturated heterocycles. The molecule has 2 nitrogen and oxygen atoms in total. The van der Waals surface area contributed by atoms with Gasteiger partial charge in [-0.2, -0.15) is 0 Å². The van der Waals surface area contributed by atoms with Crippen LogP contribution in [0.15, 0.2) is 10.6 Å². The van der Waals surface area contributed by atoms with E-state index in [0.29, 0.717) is 6.54 Å². The highest BCUT2D eigenvalue weighted by molar-refractivity contribution is 9.11. The molecule has 0 aromatic carbocycles. The lowest BCUT2D eigenvalue weighted by atomic mass is 10.2. The van der Waals surface area contributed by atoms with Gasteiger partial charge in [-0.3, -0.25) is 4.90 Å². The first kappa shape index (κ1) is 10.2. The van der Waals surface area contributed by atoms with Crippen LogP contribution in [0.5, 0.6) is 0 Å². The van der Waals surface area contributed by atoms with Crippen molar-refractivity contribution in [2.45, 2.75) is 12.5 Å². The predicted molar refractivity (Wildman–Crippen MR) is 50.0 cm³/mol. The van der Waals surface area contributed by atoms with Gasteiger partial charge >= 0.3 is 0 Å². The van der Waals surface area contributed by atoms with Crippen LogP contribution < -0.4 is 0 Å². The molecule has 0 amide bonds. The molecule has 1 aliphatic rings. The number of aliphatic hydroxyl groups is 1. The highest BCUT2D eigenvalue weighted by atomic mass is 79.9. The second-order valence-electron chi connectivity index (χ2n) is 2.97. The number of hydrogen-bond acceptors (Lipinski definition) is 2. The van der Waals surface area contributed by atoms with Crippen molar-refractivity contribution in [1.29, 1.82) is 0 Å². The summed E-state index contributed by atoms with van der Waals surface area (Å²) in [4.78, 5) is 2.04. The van der Waals surface area contributed by atoms with Gasteiger partial charge in [0.2, 0.25) is 0 Å². The van der Waals surface area contributed by atoms with Crippen molar-refractivity contribution in [2.75, 3.05) is 26.3 Å². The van der Waals surface area contributed by atoms with E-state index in [1.54, 1.807) is 0 Å². The van der Waals surface area contributed by atoms with Gasteiger partial charge in [0.05, 0.1) is 6.10 Å². The summed E-state index contributed by atoms with van der Waals surface area (Å²) < 4.78 is 13.1. The number of alkyl halides is 1. The Balaban J connectivity index is 2.27. The van der Waals surface area contributed by atoms with Gasteiger partial charge in [0.1, 0.15) is 6.67 Å². The van der Waals surface area contributed by atoms with E-state index in [1.165, 1.54) is 4.48 Å². The van der Waals surface area contributed by atoms with Crippen molar-refractivity contribution in [1.82, 2.24) is 4.90 Å². The van der Waals surface area contributed by atoms with Gasteiger partial charge in [0, 0.05) is 19.6 Å². The lowest BCUT2D eigenvalue weighted by Crippen LogP contribution is -2.36. The smallest absolute Gasteiger partial charge is 0.117 e. The van der Waals surface area contributed by atoms with Crippen molar-refractivity contribution in [3.8, 4) is 0 Å². The van der Waals surface area contributed by atoms with Gasteiger partial charge in [0.15, 0.2) is 0 Å². The zero-order chi connectivity index (χ0) is 8.97. The average Bonchev–Trinajstić information content (AvgIpc) is 2.09. The fourth-order valence-corrected chi connectivity index (χ4v) is 1.52. The third kappa shape index (κ3) is 3.21. The second kappa shape index (κ2) is 4.94. The molecule has 0 saturated carbocycles. The fourth-order valence-electron chi connectivity index (χ4n) is 1.20. The van der Waals surface area contributed by atoms with Crippen LogP contribution in [0.4, 0.5) is 4.39 Å². The molecule has 1 rings (SSSR count). The molecule has 1 atom stereocenters. The van der Waals surface area contributed by atoms with Crippen LogP contribution in [0, 0.1) is 0 Å². The van der Waals surface area contributed by atoms with Crippen LogP contribution in [0.1, 0.15) is 6.42 Å². The van der Waals surface area contributed by atoms with Crippen molar-refractivity contribution in [3.63, 3.8) is 0 Å². The van der Waals surface area contributed by atoms with Crippen molar-refractivity contribution < 1.29 is 9.50 Å². The highest BCUT2D eigenvalue weighted by Crippen LogP contribution is 2.15. The van der Waals surface area contributed by atoms with E-state index < -0.39 is 12.8 Å². The van der Waals surface area contributed by atoms with E-state index in [2.05, 4.69) is 22.0 Å². The molecule has 1 N–H and O–H groups in total. The van der Waals surface area contributed by atoms with Crippen LogP contribution in [0.2, 0.25) is 0 Å². The number of β-amino-alcohol motifs (C(OH)–C–C–N with tert-alkyl or cyclic N) is 1. The Kier molecular flexibility index (Phi) is 4.18. The van der Waals surface area contributed by atoms with Gasteiger partial charge in [-0.1, -0.05) is 22.0 Å². The average molecular weight is 238 g/mol. The summed E-state index contributed by atoms with van der Waals surface area (Å²) in [5.74, 6) is 0. The van der Waals surface area contributed by atoms with Crippen LogP contribution >= 0.6 is 15.9 Å². The predicted octanol–water partition coefficient (Wildman–Crippen LogP) is 1.30. The first-order valence-corrected chi connectivity index (χ1v) is 4.82. The summed E-state index contributed by atoms with van der Waals surface area (Å²) >= 11 is 3.40.